The van der Waals surface area contributed by atoms with Gasteiger partial charge >= 0.3 is 0 Å². The van der Waals surface area contributed by atoms with Crippen LogP contribution in [0.3, 0.4) is 0 Å². The molecule has 0 saturated carbocycles. The largest absolute Gasteiger partial charge is 0.378 e. The Bertz CT molecular complexity index is 239. The van der Waals surface area contributed by atoms with Crippen LogP contribution >= 0.6 is 0 Å². The molecule has 1 aliphatic rings. The highest BCUT2D eigenvalue weighted by Gasteiger charge is 2.15. The quantitative estimate of drug-likeness (QED) is 0.554. The van der Waals surface area contributed by atoms with Gasteiger partial charge in [0.2, 0.25) is 11.8 Å². The van der Waals surface area contributed by atoms with E-state index in [1.807, 2.05) is 0 Å². The molecule has 1 rings (SSSR count). The van der Waals surface area contributed by atoms with Crippen molar-refractivity contribution in [3.8, 4) is 0 Å². The molecule has 2 amide bonds. The van der Waals surface area contributed by atoms with Gasteiger partial charge in [-0.3, -0.25) is 9.59 Å². The molecule has 1 heterocycles. The fourth-order valence-corrected chi connectivity index (χ4v) is 1.50. The second-order valence-corrected chi connectivity index (χ2v) is 3.71. The van der Waals surface area contributed by atoms with E-state index in [4.69, 9.17) is 10.5 Å². The predicted molar refractivity (Wildman–Crippen MR) is 58.7 cm³/mol. The van der Waals surface area contributed by atoms with Crippen molar-refractivity contribution in [3.05, 3.63) is 0 Å². The maximum Gasteiger partial charge on any atom is 0.224 e. The SMILES string of the molecule is NC(=O)CCNCCC(=O)N1CCOCC1. The van der Waals surface area contributed by atoms with Crippen molar-refractivity contribution >= 4 is 11.8 Å². The van der Waals surface area contributed by atoms with Gasteiger partial charge in [-0.25, -0.2) is 0 Å². The Labute approximate surface area is 95.1 Å². The van der Waals surface area contributed by atoms with Crippen LogP contribution in [0.1, 0.15) is 12.8 Å². The Balaban J connectivity index is 2.03. The smallest absolute Gasteiger partial charge is 0.224 e. The summed E-state index contributed by atoms with van der Waals surface area (Å²) in [4.78, 5) is 23.9. The van der Waals surface area contributed by atoms with Gasteiger partial charge in [-0.2, -0.15) is 0 Å². The van der Waals surface area contributed by atoms with Gasteiger partial charge in [-0.15, -0.1) is 0 Å². The molecule has 6 nitrogen and oxygen atoms in total. The molecule has 3 N–H and O–H groups in total. The number of ether oxygens (including phenoxy) is 1. The summed E-state index contributed by atoms with van der Waals surface area (Å²) in [7, 11) is 0. The highest BCUT2D eigenvalue weighted by atomic mass is 16.5. The minimum absolute atomic E-state index is 0.134. The highest BCUT2D eigenvalue weighted by molar-refractivity contribution is 5.76. The third kappa shape index (κ3) is 5.09. The molecular formula is C10H19N3O3. The van der Waals surface area contributed by atoms with Crippen molar-refractivity contribution in [2.75, 3.05) is 39.4 Å². The summed E-state index contributed by atoms with van der Waals surface area (Å²) < 4.78 is 5.16. The van der Waals surface area contributed by atoms with Gasteiger partial charge in [0.15, 0.2) is 0 Å². The van der Waals surface area contributed by atoms with E-state index in [0.29, 0.717) is 52.2 Å². The van der Waals surface area contributed by atoms with Crippen molar-refractivity contribution in [2.24, 2.45) is 5.73 Å². The summed E-state index contributed by atoms with van der Waals surface area (Å²) in [6, 6.07) is 0. The minimum atomic E-state index is -0.327. The van der Waals surface area contributed by atoms with Gasteiger partial charge in [0.05, 0.1) is 13.2 Å². The first kappa shape index (κ1) is 12.9. The zero-order valence-corrected chi connectivity index (χ0v) is 9.41. The van der Waals surface area contributed by atoms with Crippen LogP contribution in [0.15, 0.2) is 0 Å². The minimum Gasteiger partial charge on any atom is -0.378 e. The van der Waals surface area contributed by atoms with Gasteiger partial charge in [0.1, 0.15) is 0 Å². The summed E-state index contributed by atoms with van der Waals surface area (Å²) in [6.07, 6.45) is 0.768. The van der Waals surface area contributed by atoms with Crippen LogP contribution in [0.25, 0.3) is 0 Å². The molecule has 1 aliphatic heterocycles. The lowest BCUT2D eigenvalue weighted by molar-refractivity contribution is -0.135. The lowest BCUT2D eigenvalue weighted by Gasteiger charge is -2.26. The Morgan fingerprint density at radius 3 is 2.44 bits per heavy atom. The van der Waals surface area contributed by atoms with Crippen LogP contribution in [0.4, 0.5) is 0 Å². The van der Waals surface area contributed by atoms with Gasteiger partial charge in [0.25, 0.3) is 0 Å². The predicted octanol–water partition coefficient (Wildman–Crippen LogP) is -1.30. The van der Waals surface area contributed by atoms with E-state index >= 15 is 0 Å². The van der Waals surface area contributed by atoms with E-state index in [1.54, 1.807) is 4.90 Å². The maximum atomic E-state index is 11.6. The molecule has 0 atom stereocenters. The molecule has 0 radical (unpaired) electrons. The molecule has 16 heavy (non-hydrogen) atoms. The third-order valence-corrected chi connectivity index (χ3v) is 2.43. The first-order chi connectivity index (χ1) is 7.70. The summed E-state index contributed by atoms with van der Waals surface area (Å²) in [5.74, 6) is -0.193. The monoisotopic (exact) mass is 229 g/mol. The second kappa shape index (κ2) is 7.19. The van der Waals surface area contributed by atoms with Crippen LogP contribution in [0, 0.1) is 0 Å². The Kier molecular flexibility index (Phi) is 5.81. The maximum absolute atomic E-state index is 11.6. The van der Waals surface area contributed by atoms with Crippen molar-refractivity contribution in [1.82, 2.24) is 10.2 Å². The number of rotatable bonds is 6. The Morgan fingerprint density at radius 2 is 1.81 bits per heavy atom. The number of nitrogens with two attached hydrogens (primary N) is 1. The number of nitrogens with zero attached hydrogens (tertiary/aromatic N) is 1. The molecule has 0 unspecified atom stereocenters. The van der Waals surface area contributed by atoms with E-state index in [0.717, 1.165) is 0 Å². The Morgan fingerprint density at radius 1 is 1.19 bits per heavy atom. The summed E-state index contributed by atoms with van der Waals surface area (Å²) >= 11 is 0. The molecule has 1 saturated heterocycles. The van der Waals surface area contributed by atoms with Gasteiger partial charge in [0, 0.05) is 39.0 Å². The van der Waals surface area contributed by atoms with E-state index in [-0.39, 0.29) is 11.8 Å². The average molecular weight is 229 g/mol. The average Bonchev–Trinajstić information content (AvgIpc) is 2.29. The summed E-state index contributed by atoms with van der Waals surface area (Å²) in [5, 5.41) is 3.01. The number of primary amides is 1. The fraction of sp³-hybridized carbons (Fsp3) is 0.800. The van der Waals surface area contributed by atoms with Crippen molar-refractivity contribution in [2.45, 2.75) is 12.8 Å². The Hall–Kier alpha value is -1.14. The van der Waals surface area contributed by atoms with Gasteiger partial charge in [-0.1, -0.05) is 0 Å². The van der Waals surface area contributed by atoms with Crippen LogP contribution < -0.4 is 11.1 Å². The number of morpholine rings is 1. The summed E-state index contributed by atoms with van der Waals surface area (Å²) in [5.41, 5.74) is 4.98. The first-order valence-corrected chi connectivity index (χ1v) is 5.54. The molecule has 6 heteroatoms. The molecular weight excluding hydrogens is 210 g/mol. The number of carbonyl (C=O) groups is 2. The van der Waals surface area contributed by atoms with E-state index in [1.165, 1.54) is 0 Å². The zero-order valence-electron chi connectivity index (χ0n) is 9.41. The number of amides is 2. The number of hydrogen-bond acceptors (Lipinski definition) is 4. The zero-order chi connectivity index (χ0) is 11.8. The first-order valence-electron chi connectivity index (χ1n) is 5.54. The number of carbonyl (C=O) groups excluding carboxylic acids is 2. The lowest BCUT2D eigenvalue weighted by atomic mass is 10.3. The van der Waals surface area contributed by atoms with Crippen LogP contribution in [-0.2, 0) is 14.3 Å². The van der Waals surface area contributed by atoms with E-state index in [9.17, 15) is 9.59 Å². The molecule has 92 valence electrons. The molecule has 1 fully saturated rings. The molecule has 0 aliphatic carbocycles. The standard InChI is InChI=1S/C10H19N3O3/c11-9(14)1-3-12-4-2-10(15)13-5-7-16-8-6-13/h12H,1-8H2,(H2,11,14). The van der Waals surface area contributed by atoms with Crippen LogP contribution in [0.2, 0.25) is 0 Å². The van der Waals surface area contributed by atoms with Gasteiger partial charge in [-0.05, 0) is 0 Å². The van der Waals surface area contributed by atoms with E-state index in [2.05, 4.69) is 5.32 Å². The molecule has 0 aromatic heterocycles. The molecule has 0 aromatic rings. The fourth-order valence-electron chi connectivity index (χ4n) is 1.50. The second-order valence-electron chi connectivity index (χ2n) is 3.71. The lowest BCUT2D eigenvalue weighted by Crippen LogP contribution is -2.41. The number of nitrogens with one attached hydrogen (secondary N) is 1. The van der Waals surface area contributed by atoms with E-state index < -0.39 is 0 Å². The van der Waals surface area contributed by atoms with Crippen molar-refractivity contribution < 1.29 is 14.3 Å². The highest BCUT2D eigenvalue weighted by Crippen LogP contribution is 1.99. The normalized spacial score (nSPS) is 16.1. The molecule has 0 spiro atoms. The topological polar surface area (TPSA) is 84.7 Å². The third-order valence-electron chi connectivity index (χ3n) is 2.43. The molecule has 0 bridgehead atoms. The van der Waals surface area contributed by atoms with Crippen molar-refractivity contribution in [3.63, 3.8) is 0 Å². The summed E-state index contributed by atoms with van der Waals surface area (Å²) in [6.45, 7) is 3.73. The van der Waals surface area contributed by atoms with Crippen LogP contribution in [-0.4, -0.2) is 56.1 Å². The number of hydrogen-bond donors (Lipinski definition) is 2. The van der Waals surface area contributed by atoms with Gasteiger partial charge < -0.3 is 20.7 Å². The molecule has 0 aromatic carbocycles. The van der Waals surface area contributed by atoms with Crippen molar-refractivity contribution in [1.29, 1.82) is 0 Å². The van der Waals surface area contributed by atoms with Crippen LogP contribution in [0.5, 0.6) is 0 Å².